The summed E-state index contributed by atoms with van der Waals surface area (Å²) >= 11 is -11.8. The van der Waals surface area contributed by atoms with Crippen molar-refractivity contribution in [1.82, 2.24) is 0 Å². The molecule has 0 N–H and O–H groups in total. The fraction of sp³-hybridized carbons (Fsp3) is 0. The van der Waals surface area contributed by atoms with Crippen LogP contribution >= 0.6 is 23.5 Å². The van der Waals surface area contributed by atoms with E-state index in [-0.39, 0.29) is 131 Å². The van der Waals surface area contributed by atoms with E-state index >= 15 is 0 Å². The Hall–Kier alpha value is 5.18. The molecule has 0 aromatic heterocycles. The summed E-state index contributed by atoms with van der Waals surface area (Å²) in [5, 5.41) is 0. The van der Waals surface area contributed by atoms with Crippen molar-refractivity contribution in [2.45, 2.75) is 0 Å². The van der Waals surface area contributed by atoms with Gasteiger partial charge in [-0.15, -0.1) is 0 Å². The zero-order valence-electron chi connectivity index (χ0n) is 13.6. The molecule has 0 aliphatic heterocycles. The SMILES string of the molecule is O=P([O-])([O-])[O-].O=P([O-])([O-])[O-].O=P([O-])([O-])[O-].[O]=[V](=[O])[O-].[O]=[V](=[O])[O-].[O]=[V](=[O])[O-].[Y+3].[Y+3].[Y+3].[Y+3]. The van der Waals surface area contributed by atoms with Crippen molar-refractivity contribution >= 4 is 23.5 Å². The van der Waals surface area contributed by atoms with Gasteiger partial charge in [-0.2, -0.15) is 23.5 Å². The first-order valence-corrected chi connectivity index (χ1v) is 13.3. The minimum atomic E-state index is -5.39. The van der Waals surface area contributed by atoms with E-state index in [1.165, 1.54) is 0 Å². The van der Waals surface area contributed by atoms with E-state index in [4.69, 9.17) is 91.9 Å². The molecule has 31 heteroatoms. The molecule has 0 fully saturated rings. The largest absolute Gasteiger partial charge is 3.00 e. The molecule has 0 saturated heterocycles. The average Bonchev–Trinajstić information content (AvgIpc) is 2.01. The Labute approximate surface area is 286 Å². The number of rotatable bonds is 0. The molecular formula is O21P3V3Y4. The van der Waals surface area contributed by atoms with Gasteiger partial charge in [0.15, 0.2) is 0 Å². The van der Waals surface area contributed by atoms with Crippen LogP contribution < -0.4 is 56.1 Å². The van der Waals surface area contributed by atoms with Crippen LogP contribution in [-0.2, 0) is 213 Å². The molecule has 0 saturated carbocycles. The molecule has 0 heterocycles. The molecule has 21 nitrogen and oxygen atoms in total. The molecule has 0 aliphatic carbocycles. The average molecular weight is 937 g/mol. The quantitative estimate of drug-likeness (QED) is 0.203. The third-order valence-corrected chi connectivity index (χ3v) is 0. The van der Waals surface area contributed by atoms with Gasteiger partial charge in [0.2, 0.25) is 0 Å². The zero-order chi connectivity index (χ0) is 24.2. The van der Waals surface area contributed by atoms with Gasteiger partial charge in [0.1, 0.15) is 0 Å². The van der Waals surface area contributed by atoms with Crippen LogP contribution in [0.1, 0.15) is 0 Å². The van der Waals surface area contributed by atoms with E-state index in [0.717, 1.165) is 0 Å². The molecule has 31 heavy (non-hydrogen) atoms. The van der Waals surface area contributed by atoms with E-state index in [2.05, 4.69) is 0 Å². The Morgan fingerprint density at radius 1 is 0.355 bits per heavy atom. The van der Waals surface area contributed by atoms with Crippen molar-refractivity contribution in [2.24, 2.45) is 0 Å². The van der Waals surface area contributed by atoms with Gasteiger partial charge in [0, 0.05) is 0 Å². The van der Waals surface area contributed by atoms with E-state index in [1.807, 2.05) is 0 Å². The van der Waals surface area contributed by atoms with Crippen LogP contribution in [0.2, 0.25) is 0 Å². The van der Waals surface area contributed by atoms with Crippen LogP contribution in [0.3, 0.4) is 0 Å². The molecule has 0 radical (unpaired) electrons. The van der Waals surface area contributed by atoms with Crippen LogP contribution in [0.4, 0.5) is 0 Å². The Kier molecular flexibility index (Phi) is 83.6. The maximum Gasteiger partial charge on any atom is 3.00 e. The maximum absolute atomic E-state index is 8.56. The normalized spacial score (nSPS) is 8.13. The molecule has 0 rings (SSSR count). The number of phosphoric acid groups is 3. The summed E-state index contributed by atoms with van der Waals surface area (Å²) in [6.45, 7) is 0. The van der Waals surface area contributed by atoms with Crippen LogP contribution in [0, 0.1) is 0 Å². The molecule has 168 valence electrons. The van der Waals surface area contributed by atoms with Gasteiger partial charge in [-0.25, -0.2) is 0 Å². The van der Waals surface area contributed by atoms with Gasteiger partial charge >= 0.3 is 211 Å². The zero-order valence-corrected chi connectivity index (χ0v) is 31.8. The van der Waals surface area contributed by atoms with Crippen molar-refractivity contribution in [1.29, 1.82) is 0 Å². The minimum Gasteiger partial charge on any atom is 3.00 e. The third-order valence-electron chi connectivity index (χ3n) is 0. The van der Waals surface area contributed by atoms with Crippen LogP contribution in [0.5, 0.6) is 0 Å². The molecule has 0 spiro atoms. The predicted molar refractivity (Wildman–Crippen MR) is 26.9 cm³/mol. The minimum absolute atomic E-state index is 0. The van der Waals surface area contributed by atoms with Crippen LogP contribution in [-0.4, -0.2) is 0 Å². The number of hydrogen-bond donors (Lipinski definition) is 0. The Morgan fingerprint density at radius 2 is 0.355 bits per heavy atom. The third kappa shape index (κ3) is 1440. The molecule has 0 amide bonds. The fourth-order valence-corrected chi connectivity index (χ4v) is 0. The van der Waals surface area contributed by atoms with E-state index in [0.29, 0.717) is 0 Å². The fourth-order valence-electron chi connectivity index (χ4n) is 0. The first kappa shape index (κ1) is 65.3. The summed E-state index contributed by atoms with van der Waals surface area (Å²) < 4.78 is 103. The Balaban J connectivity index is -0.0000000209. The summed E-state index contributed by atoms with van der Waals surface area (Å²) in [5.74, 6) is 0. The molecule has 0 atom stereocenters. The van der Waals surface area contributed by atoms with Gasteiger partial charge in [-0.05, 0) is 0 Å². The van der Waals surface area contributed by atoms with Crippen molar-refractivity contribution in [2.75, 3.05) is 0 Å². The molecule has 0 aromatic carbocycles. The van der Waals surface area contributed by atoms with Gasteiger partial charge < -0.3 is 57.7 Å². The first-order valence-electron chi connectivity index (χ1n) is 3.83. The summed E-state index contributed by atoms with van der Waals surface area (Å²) in [7, 11) is -16.2. The predicted octanol–water partition coefficient (Wildman–Crippen LogP) is -12.8. The summed E-state index contributed by atoms with van der Waals surface area (Å²) in [5.41, 5.74) is 0. The topological polar surface area (TPSA) is 430 Å². The molecule has 0 unspecified atom stereocenters. The van der Waals surface area contributed by atoms with Crippen molar-refractivity contribution < 1.29 is 269 Å². The molecular weight excluding hydrogens is 937 g/mol. The van der Waals surface area contributed by atoms with Gasteiger partial charge in [-0.3, -0.25) is 0 Å². The van der Waals surface area contributed by atoms with E-state index < -0.39 is 69.7 Å². The first-order chi connectivity index (χ1) is 11.2. The summed E-state index contributed by atoms with van der Waals surface area (Å²) in [4.78, 5) is 76.9. The Bertz CT molecular complexity index is 543. The van der Waals surface area contributed by atoms with Gasteiger partial charge in [-0.1, -0.05) is 0 Å². The van der Waals surface area contributed by atoms with Gasteiger partial charge in [0.25, 0.3) is 0 Å². The summed E-state index contributed by atoms with van der Waals surface area (Å²) in [6, 6.07) is 0. The van der Waals surface area contributed by atoms with E-state index in [1.54, 1.807) is 0 Å². The molecule has 0 bridgehead atoms. The smallest absolute Gasteiger partial charge is 3.00 e. The number of hydrogen-bond acceptors (Lipinski definition) is 21. The van der Waals surface area contributed by atoms with Crippen molar-refractivity contribution in [3.63, 3.8) is 0 Å². The summed E-state index contributed by atoms with van der Waals surface area (Å²) in [6.07, 6.45) is 0. The second-order valence-electron chi connectivity index (χ2n) is 2.01. The Morgan fingerprint density at radius 3 is 0.355 bits per heavy atom. The standard InChI is InChI=1S/3H3O4P.9O.3V.4Y/c3*1-5(2,3)4;;;;;;;;;;;;;;;;/h3*(H3,1,2,3,4);;;;;;;;;;;;;;;;/q;;;;;;;;;3*-1;;;;4*+3/p-9. The maximum atomic E-state index is 8.56. The van der Waals surface area contributed by atoms with Crippen molar-refractivity contribution in [3.8, 4) is 0 Å². The monoisotopic (exact) mass is 937 g/mol. The van der Waals surface area contributed by atoms with Crippen LogP contribution in [0.25, 0.3) is 0 Å². The van der Waals surface area contributed by atoms with Crippen LogP contribution in [0.15, 0.2) is 0 Å². The molecule has 0 aliphatic rings. The van der Waals surface area contributed by atoms with Crippen molar-refractivity contribution in [3.05, 3.63) is 0 Å². The van der Waals surface area contributed by atoms with E-state index in [9.17, 15) is 0 Å². The molecule has 0 aromatic rings. The second kappa shape index (κ2) is 39.7. The second-order valence-corrected chi connectivity index (χ2v) is 6.79. The van der Waals surface area contributed by atoms with Gasteiger partial charge in [0.05, 0.1) is 0 Å².